The number of benzene rings is 2. The van der Waals surface area contributed by atoms with Gasteiger partial charge in [0.1, 0.15) is 28.1 Å². The highest BCUT2D eigenvalue weighted by Crippen LogP contribution is 2.33. The molecule has 29 heavy (non-hydrogen) atoms. The van der Waals surface area contributed by atoms with Gasteiger partial charge in [-0.1, -0.05) is 24.3 Å². The molecule has 1 amide bonds. The van der Waals surface area contributed by atoms with Crippen LogP contribution < -0.4 is 11.1 Å². The van der Waals surface area contributed by atoms with Gasteiger partial charge in [0, 0.05) is 5.69 Å². The van der Waals surface area contributed by atoms with Crippen LogP contribution in [0.5, 0.6) is 0 Å². The molecule has 10 heteroatoms. The Balaban J connectivity index is 1.92. The summed E-state index contributed by atoms with van der Waals surface area (Å²) in [5.41, 5.74) is 7.07. The highest BCUT2D eigenvalue weighted by atomic mass is 32.2. The summed E-state index contributed by atoms with van der Waals surface area (Å²) >= 11 is 1.12. The Morgan fingerprint density at radius 3 is 2.59 bits per heavy atom. The fourth-order valence-electron chi connectivity index (χ4n) is 2.71. The lowest BCUT2D eigenvalue weighted by Crippen LogP contribution is -2.21. The molecule has 7 nitrogen and oxygen atoms in total. The molecule has 0 aliphatic carbocycles. The molecule has 3 rings (SSSR count). The fraction of sp³-hybridized carbons (Fsp3) is 0.158. The summed E-state index contributed by atoms with van der Waals surface area (Å²) in [4.78, 5) is 12.4. The number of carbonyl (C=O) groups excluding carboxylic acids is 1. The Morgan fingerprint density at radius 2 is 1.93 bits per heavy atom. The van der Waals surface area contributed by atoms with Gasteiger partial charge in [-0.25, -0.2) is 17.5 Å². The van der Waals surface area contributed by atoms with Crippen molar-refractivity contribution in [2.45, 2.75) is 28.3 Å². The summed E-state index contributed by atoms with van der Waals surface area (Å²) in [6.07, 6.45) is 1.67. The Morgan fingerprint density at radius 1 is 1.24 bits per heavy atom. The fourth-order valence-corrected chi connectivity index (χ4v) is 5.17. The number of halogens is 1. The number of nitrogens with two attached hydrogens (primary N) is 1. The Bertz CT molecular complexity index is 1160. The molecule has 3 N–H and O–H groups in total. The molecule has 1 aromatic heterocycles. The lowest BCUT2D eigenvalue weighted by atomic mass is 10.2. The van der Waals surface area contributed by atoms with Gasteiger partial charge in [-0.05, 0) is 43.0 Å². The quantitative estimate of drug-likeness (QED) is 0.578. The lowest BCUT2D eigenvalue weighted by molar-refractivity contribution is -0.116. The molecule has 0 radical (unpaired) electrons. The summed E-state index contributed by atoms with van der Waals surface area (Å²) in [6, 6.07) is 11.9. The minimum Gasteiger partial charge on any atom is -0.383 e. The molecule has 0 aliphatic rings. The summed E-state index contributed by atoms with van der Waals surface area (Å²) in [7, 11) is -3.91. The van der Waals surface area contributed by atoms with Crippen molar-refractivity contribution in [2.75, 3.05) is 17.3 Å². The van der Waals surface area contributed by atoms with Gasteiger partial charge in [-0.2, -0.15) is 5.10 Å². The summed E-state index contributed by atoms with van der Waals surface area (Å²) in [6.45, 7) is 1.41. The first-order chi connectivity index (χ1) is 13.7. The zero-order chi connectivity index (χ0) is 21.2. The number of amides is 1. The molecule has 0 saturated heterocycles. The second-order valence-electron chi connectivity index (χ2n) is 6.21. The number of hydrogen-bond donors (Lipinski definition) is 2. The van der Waals surface area contributed by atoms with Crippen LogP contribution in [0.3, 0.4) is 0 Å². The predicted octanol–water partition coefficient (Wildman–Crippen LogP) is 3.11. The van der Waals surface area contributed by atoms with Gasteiger partial charge in [0.05, 0.1) is 4.90 Å². The first-order valence-corrected chi connectivity index (χ1v) is 11.2. The first kappa shape index (κ1) is 20.9. The average Bonchev–Trinajstić information content (AvgIpc) is 3.01. The van der Waals surface area contributed by atoms with Gasteiger partial charge in [0.25, 0.3) is 0 Å². The van der Waals surface area contributed by atoms with Crippen LogP contribution in [0.25, 0.3) is 0 Å². The molecule has 152 valence electrons. The zero-order valence-corrected chi connectivity index (χ0v) is 17.3. The molecule has 0 saturated carbocycles. The van der Waals surface area contributed by atoms with Crippen molar-refractivity contribution < 1.29 is 17.6 Å². The van der Waals surface area contributed by atoms with Crippen molar-refractivity contribution in [3.63, 3.8) is 0 Å². The number of nitrogens with zero attached hydrogens (tertiary/aromatic N) is 2. The van der Waals surface area contributed by atoms with Gasteiger partial charge in [0.15, 0.2) is 0 Å². The zero-order valence-electron chi connectivity index (χ0n) is 15.7. The third-order valence-electron chi connectivity index (χ3n) is 4.20. The number of hydrogen-bond acceptors (Lipinski definition) is 6. The number of anilines is 2. The van der Waals surface area contributed by atoms with Crippen molar-refractivity contribution in [2.24, 2.45) is 0 Å². The van der Waals surface area contributed by atoms with E-state index in [0.717, 1.165) is 16.4 Å². The summed E-state index contributed by atoms with van der Waals surface area (Å²) in [5.74, 6) is -1.13. The maximum Gasteiger partial charge on any atom is 0.246 e. The van der Waals surface area contributed by atoms with Gasteiger partial charge in [0.2, 0.25) is 15.7 Å². The predicted molar refractivity (Wildman–Crippen MR) is 110 cm³/mol. The van der Waals surface area contributed by atoms with Crippen LogP contribution in [-0.4, -0.2) is 30.4 Å². The second-order valence-corrected chi connectivity index (χ2v) is 8.89. The summed E-state index contributed by atoms with van der Waals surface area (Å²) < 4.78 is 40.6. The van der Waals surface area contributed by atoms with Crippen LogP contribution in [0.15, 0.2) is 63.3 Å². The SMILES string of the molecule is CSc1nn(CC(=O)Nc2cc(F)ccc2C)c(N)c1S(=O)(=O)c1ccccc1. The highest BCUT2D eigenvalue weighted by molar-refractivity contribution is 7.99. The molecule has 2 aromatic carbocycles. The third-order valence-corrected chi connectivity index (χ3v) is 6.83. The number of sulfone groups is 1. The van der Waals surface area contributed by atoms with E-state index in [1.165, 1.54) is 24.3 Å². The molecular formula is C19H19FN4O3S2. The van der Waals surface area contributed by atoms with E-state index in [0.29, 0.717) is 11.3 Å². The van der Waals surface area contributed by atoms with Crippen LogP contribution in [-0.2, 0) is 21.2 Å². The van der Waals surface area contributed by atoms with E-state index in [-0.39, 0.29) is 27.2 Å². The molecule has 0 atom stereocenters. The van der Waals surface area contributed by atoms with E-state index in [2.05, 4.69) is 10.4 Å². The van der Waals surface area contributed by atoms with E-state index in [1.54, 1.807) is 37.4 Å². The maximum absolute atomic E-state index is 13.4. The lowest BCUT2D eigenvalue weighted by Gasteiger charge is -2.09. The van der Waals surface area contributed by atoms with E-state index in [1.807, 2.05) is 0 Å². The molecule has 0 bridgehead atoms. The van der Waals surface area contributed by atoms with Gasteiger partial charge in [-0.3, -0.25) is 4.79 Å². The molecule has 0 unspecified atom stereocenters. The van der Waals surface area contributed by atoms with E-state index in [4.69, 9.17) is 5.73 Å². The Hall–Kier alpha value is -2.85. The van der Waals surface area contributed by atoms with Crippen molar-refractivity contribution in [3.05, 3.63) is 59.9 Å². The van der Waals surface area contributed by atoms with Crippen molar-refractivity contribution in [1.82, 2.24) is 9.78 Å². The Kier molecular flexibility index (Phi) is 5.94. The smallest absolute Gasteiger partial charge is 0.246 e. The number of rotatable bonds is 6. The number of aryl methyl sites for hydroxylation is 1. The van der Waals surface area contributed by atoms with Gasteiger partial charge < -0.3 is 11.1 Å². The molecule has 0 aliphatic heterocycles. The maximum atomic E-state index is 13.4. The molecule has 0 spiro atoms. The Labute approximate surface area is 172 Å². The van der Waals surface area contributed by atoms with E-state index in [9.17, 15) is 17.6 Å². The molecule has 0 fully saturated rings. The van der Waals surface area contributed by atoms with Crippen LogP contribution in [0.2, 0.25) is 0 Å². The monoisotopic (exact) mass is 434 g/mol. The van der Waals surface area contributed by atoms with Crippen LogP contribution >= 0.6 is 11.8 Å². The van der Waals surface area contributed by atoms with Crippen molar-refractivity contribution >= 4 is 39.0 Å². The largest absolute Gasteiger partial charge is 0.383 e. The standard InChI is InChI=1S/C19H19FN4O3S2/c1-12-8-9-13(20)10-15(12)22-16(25)11-24-18(21)17(19(23-24)28-2)29(26,27)14-6-4-3-5-7-14/h3-10H,11,21H2,1-2H3,(H,22,25). The normalized spacial score (nSPS) is 11.4. The average molecular weight is 435 g/mol. The molecule has 1 heterocycles. The van der Waals surface area contributed by atoms with Crippen LogP contribution in [0.1, 0.15) is 5.56 Å². The number of aromatic nitrogens is 2. The minimum absolute atomic E-state index is 0.0846. The number of nitrogens with one attached hydrogen (secondary N) is 1. The van der Waals surface area contributed by atoms with Crippen LogP contribution in [0.4, 0.5) is 15.9 Å². The van der Waals surface area contributed by atoms with Gasteiger partial charge in [-0.15, -0.1) is 11.8 Å². The number of carbonyl (C=O) groups is 1. The summed E-state index contributed by atoms with van der Waals surface area (Å²) in [5, 5.41) is 6.97. The number of thioether (sulfide) groups is 1. The van der Waals surface area contributed by atoms with Gasteiger partial charge >= 0.3 is 0 Å². The third kappa shape index (κ3) is 4.28. The van der Waals surface area contributed by atoms with Crippen molar-refractivity contribution in [1.29, 1.82) is 0 Å². The highest BCUT2D eigenvalue weighted by Gasteiger charge is 2.29. The topological polar surface area (TPSA) is 107 Å². The molecular weight excluding hydrogens is 415 g/mol. The van der Waals surface area contributed by atoms with Crippen LogP contribution in [0, 0.1) is 12.7 Å². The molecule has 3 aromatic rings. The van der Waals surface area contributed by atoms with E-state index >= 15 is 0 Å². The minimum atomic E-state index is -3.91. The second kappa shape index (κ2) is 8.26. The first-order valence-electron chi connectivity index (χ1n) is 8.50. The van der Waals surface area contributed by atoms with Crippen molar-refractivity contribution in [3.8, 4) is 0 Å². The van der Waals surface area contributed by atoms with E-state index < -0.39 is 21.6 Å². The number of nitrogen functional groups attached to an aromatic ring is 1.